The standard InChI is InChI=1S/C12H10F2N2/c13-9-3-1-7(5-10(9)14)12-8(6-15)2-4-11(12)16/h1,3,5,11H,2,4,16H2. The molecule has 1 aliphatic carbocycles. The normalized spacial score (nSPS) is 20.0. The quantitative estimate of drug-likeness (QED) is 0.789. The summed E-state index contributed by atoms with van der Waals surface area (Å²) in [6.45, 7) is 0. The van der Waals surface area contributed by atoms with E-state index in [0.717, 1.165) is 12.1 Å². The van der Waals surface area contributed by atoms with Crippen LogP contribution in [-0.2, 0) is 0 Å². The Hall–Kier alpha value is -1.73. The van der Waals surface area contributed by atoms with Gasteiger partial charge in [0.25, 0.3) is 0 Å². The molecule has 1 unspecified atom stereocenters. The van der Waals surface area contributed by atoms with Crippen molar-refractivity contribution in [3.05, 3.63) is 41.0 Å². The van der Waals surface area contributed by atoms with Crippen molar-refractivity contribution in [1.82, 2.24) is 0 Å². The second kappa shape index (κ2) is 4.03. The summed E-state index contributed by atoms with van der Waals surface area (Å²) in [5.74, 6) is -1.81. The topological polar surface area (TPSA) is 49.8 Å². The fourth-order valence-electron chi connectivity index (χ4n) is 1.97. The highest BCUT2D eigenvalue weighted by Crippen LogP contribution is 2.33. The van der Waals surface area contributed by atoms with Gasteiger partial charge in [-0.25, -0.2) is 8.78 Å². The van der Waals surface area contributed by atoms with Crippen LogP contribution in [0.4, 0.5) is 8.78 Å². The minimum absolute atomic E-state index is 0.264. The Morgan fingerprint density at radius 1 is 1.31 bits per heavy atom. The van der Waals surface area contributed by atoms with Crippen molar-refractivity contribution in [1.29, 1.82) is 5.26 Å². The van der Waals surface area contributed by atoms with Gasteiger partial charge in [0.05, 0.1) is 6.07 Å². The summed E-state index contributed by atoms with van der Waals surface area (Å²) in [4.78, 5) is 0. The molecule has 1 aromatic carbocycles. The van der Waals surface area contributed by atoms with E-state index in [-0.39, 0.29) is 6.04 Å². The maximum atomic E-state index is 13.1. The lowest BCUT2D eigenvalue weighted by atomic mass is 9.99. The average molecular weight is 220 g/mol. The van der Waals surface area contributed by atoms with Gasteiger partial charge < -0.3 is 5.73 Å². The van der Waals surface area contributed by atoms with Crippen molar-refractivity contribution < 1.29 is 8.78 Å². The van der Waals surface area contributed by atoms with Crippen molar-refractivity contribution in [2.45, 2.75) is 18.9 Å². The van der Waals surface area contributed by atoms with Crippen LogP contribution >= 0.6 is 0 Å². The zero-order chi connectivity index (χ0) is 11.7. The molecule has 0 fully saturated rings. The van der Waals surface area contributed by atoms with Gasteiger partial charge in [0, 0.05) is 11.6 Å². The molecule has 1 aromatic rings. The molecule has 0 saturated carbocycles. The first-order valence-corrected chi connectivity index (χ1v) is 4.97. The number of allylic oxidation sites excluding steroid dienone is 1. The number of hydrogen-bond acceptors (Lipinski definition) is 2. The minimum Gasteiger partial charge on any atom is -0.324 e. The summed E-state index contributed by atoms with van der Waals surface area (Å²) < 4.78 is 25.8. The molecule has 2 N–H and O–H groups in total. The summed E-state index contributed by atoms with van der Waals surface area (Å²) in [7, 11) is 0. The van der Waals surface area contributed by atoms with E-state index in [2.05, 4.69) is 6.07 Å². The van der Waals surface area contributed by atoms with Gasteiger partial charge >= 0.3 is 0 Å². The highest BCUT2D eigenvalue weighted by molar-refractivity contribution is 5.77. The van der Waals surface area contributed by atoms with Gasteiger partial charge in [-0.2, -0.15) is 5.26 Å². The Kier molecular flexibility index (Phi) is 2.71. The lowest BCUT2D eigenvalue weighted by Crippen LogP contribution is -2.18. The Bertz CT molecular complexity index is 500. The number of nitrogens with two attached hydrogens (primary N) is 1. The van der Waals surface area contributed by atoms with Crippen LogP contribution in [0, 0.1) is 23.0 Å². The van der Waals surface area contributed by atoms with Gasteiger partial charge in [-0.15, -0.1) is 0 Å². The van der Waals surface area contributed by atoms with Crippen molar-refractivity contribution in [3.63, 3.8) is 0 Å². The fraction of sp³-hybridized carbons (Fsp3) is 0.250. The fourth-order valence-corrected chi connectivity index (χ4v) is 1.97. The number of nitriles is 1. The van der Waals surface area contributed by atoms with Crippen molar-refractivity contribution in [2.24, 2.45) is 5.73 Å². The third-order valence-corrected chi connectivity index (χ3v) is 2.77. The maximum Gasteiger partial charge on any atom is 0.159 e. The molecule has 0 aliphatic heterocycles. The van der Waals surface area contributed by atoms with Crippen LogP contribution in [0.25, 0.3) is 5.57 Å². The molecule has 2 nitrogen and oxygen atoms in total. The van der Waals surface area contributed by atoms with Crippen LogP contribution < -0.4 is 5.73 Å². The SMILES string of the molecule is N#CC1=C(c2ccc(F)c(F)c2)C(N)CC1. The smallest absolute Gasteiger partial charge is 0.159 e. The predicted octanol–water partition coefficient (Wildman–Crippen LogP) is 2.36. The third-order valence-electron chi connectivity index (χ3n) is 2.77. The first-order valence-electron chi connectivity index (χ1n) is 4.97. The Morgan fingerprint density at radius 2 is 2.06 bits per heavy atom. The van der Waals surface area contributed by atoms with Gasteiger partial charge in [-0.1, -0.05) is 6.07 Å². The van der Waals surface area contributed by atoms with Crippen LogP contribution in [0.5, 0.6) is 0 Å². The number of halogens is 2. The highest BCUT2D eigenvalue weighted by atomic mass is 19.2. The number of rotatable bonds is 1. The number of nitrogens with zero attached hydrogens (tertiary/aromatic N) is 1. The Labute approximate surface area is 92.0 Å². The van der Waals surface area contributed by atoms with Gasteiger partial charge in [0.2, 0.25) is 0 Å². The summed E-state index contributed by atoms with van der Waals surface area (Å²) in [6, 6.07) is 5.39. The summed E-state index contributed by atoms with van der Waals surface area (Å²) in [5.41, 5.74) is 7.55. The van der Waals surface area contributed by atoms with E-state index in [1.54, 1.807) is 0 Å². The zero-order valence-corrected chi connectivity index (χ0v) is 8.50. The second-order valence-electron chi connectivity index (χ2n) is 3.78. The summed E-state index contributed by atoms with van der Waals surface area (Å²) >= 11 is 0. The Balaban J connectivity index is 2.52. The maximum absolute atomic E-state index is 13.1. The van der Waals surface area contributed by atoms with E-state index in [1.165, 1.54) is 6.07 Å². The molecular weight excluding hydrogens is 210 g/mol. The highest BCUT2D eigenvalue weighted by Gasteiger charge is 2.24. The van der Waals surface area contributed by atoms with Gasteiger partial charge in [-0.3, -0.25) is 0 Å². The summed E-state index contributed by atoms with van der Waals surface area (Å²) in [5, 5.41) is 8.91. The monoisotopic (exact) mass is 220 g/mol. The van der Waals surface area contributed by atoms with Crippen molar-refractivity contribution >= 4 is 5.57 Å². The first-order chi connectivity index (χ1) is 7.63. The van der Waals surface area contributed by atoms with Crippen LogP contribution in [0.3, 0.4) is 0 Å². The van der Waals surface area contributed by atoms with E-state index < -0.39 is 11.6 Å². The van der Waals surface area contributed by atoms with E-state index in [0.29, 0.717) is 29.6 Å². The van der Waals surface area contributed by atoms with E-state index in [4.69, 9.17) is 11.0 Å². The average Bonchev–Trinajstić information content (AvgIpc) is 2.64. The molecule has 1 aliphatic rings. The zero-order valence-electron chi connectivity index (χ0n) is 8.50. The molecule has 1 atom stereocenters. The van der Waals surface area contributed by atoms with Crippen molar-refractivity contribution in [2.75, 3.05) is 0 Å². The first kappa shape index (κ1) is 10.8. The predicted molar refractivity (Wildman–Crippen MR) is 56.1 cm³/mol. The van der Waals surface area contributed by atoms with Crippen LogP contribution in [0.2, 0.25) is 0 Å². The second-order valence-corrected chi connectivity index (χ2v) is 3.78. The largest absolute Gasteiger partial charge is 0.324 e. The molecule has 0 saturated heterocycles. The molecule has 4 heteroatoms. The molecule has 0 spiro atoms. The van der Waals surface area contributed by atoms with Crippen molar-refractivity contribution in [3.8, 4) is 6.07 Å². The molecule has 0 heterocycles. The molecule has 82 valence electrons. The molecule has 0 aromatic heterocycles. The minimum atomic E-state index is -0.915. The van der Waals surface area contributed by atoms with Gasteiger partial charge in [-0.05, 0) is 36.1 Å². The van der Waals surface area contributed by atoms with Crippen LogP contribution in [-0.4, -0.2) is 6.04 Å². The van der Waals surface area contributed by atoms with E-state index in [9.17, 15) is 8.78 Å². The molecule has 0 amide bonds. The van der Waals surface area contributed by atoms with Gasteiger partial charge in [0.15, 0.2) is 11.6 Å². The van der Waals surface area contributed by atoms with Crippen LogP contribution in [0.15, 0.2) is 23.8 Å². The summed E-state index contributed by atoms with van der Waals surface area (Å²) in [6.07, 6.45) is 1.28. The van der Waals surface area contributed by atoms with Gasteiger partial charge in [0.1, 0.15) is 0 Å². The van der Waals surface area contributed by atoms with E-state index >= 15 is 0 Å². The number of benzene rings is 1. The van der Waals surface area contributed by atoms with Crippen LogP contribution in [0.1, 0.15) is 18.4 Å². The molecule has 0 radical (unpaired) electrons. The lowest BCUT2D eigenvalue weighted by Gasteiger charge is -2.10. The molecule has 0 bridgehead atoms. The van der Waals surface area contributed by atoms with E-state index in [1.807, 2.05) is 0 Å². The Morgan fingerprint density at radius 3 is 2.69 bits per heavy atom. The number of hydrogen-bond donors (Lipinski definition) is 1. The third kappa shape index (κ3) is 1.70. The molecule has 2 rings (SSSR count). The molecular formula is C12H10F2N2. The lowest BCUT2D eigenvalue weighted by molar-refractivity contribution is 0.508. The molecule has 16 heavy (non-hydrogen) atoms.